The van der Waals surface area contributed by atoms with Crippen molar-refractivity contribution in [2.45, 2.75) is 8.51 Å². The highest BCUT2D eigenvalue weighted by atomic mass is 127. The summed E-state index contributed by atoms with van der Waals surface area (Å²) in [5, 5.41) is 0. The zero-order chi connectivity index (χ0) is 18.6. The minimum atomic E-state index is 0.0439. The van der Waals surface area contributed by atoms with E-state index in [4.69, 9.17) is 0 Å². The maximum Gasteiger partial charge on any atom is 0.149 e. The van der Waals surface area contributed by atoms with Gasteiger partial charge in [0, 0.05) is 0 Å². The third-order valence-corrected chi connectivity index (χ3v) is 45.5. The van der Waals surface area contributed by atoms with Gasteiger partial charge in [-0.25, -0.2) is 0 Å². The van der Waals surface area contributed by atoms with Gasteiger partial charge in [0.1, 0.15) is 4.58 Å². The van der Waals surface area contributed by atoms with Gasteiger partial charge in [-0.05, 0) is 0 Å². The topological polar surface area (TPSA) is 0 Å². The van der Waals surface area contributed by atoms with Crippen LogP contribution < -0.4 is 0 Å². The fraction of sp³-hybridized carbons (Fsp3) is 1.00. The second-order valence-electron chi connectivity index (χ2n) is 3.75. The van der Waals surface area contributed by atoms with Crippen LogP contribution in [0.25, 0.3) is 0 Å². The zero-order valence-corrected chi connectivity index (χ0v) is 41.6. The molecule has 22 heavy (non-hydrogen) atoms. The van der Waals surface area contributed by atoms with E-state index in [-0.39, 0.29) is 4.58 Å². The van der Waals surface area contributed by atoms with E-state index in [1.54, 1.807) is 0 Å². The maximum absolute atomic E-state index is 2.70. The number of hydrogen-bond donors (Lipinski definition) is 0. The SMILES string of the molecule is IC(C(I)(I)I)C(I)(I)C(I)(I)C(I)(I)C(I)(I)C(I)(I)I. The summed E-state index contributed by atoms with van der Waals surface area (Å²) in [6, 6.07) is 0. The Morgan fingerprint density at radius 3 is 1.00 bits per heavy atom. The Bertz CT molecular complexity index is 397. The Kier molecular flexibility index (Phi) is 18.4. The Morgan fingerprint density at radius 2 is 0.773 bits per heavy atom. The lowest BCUT2D eigenvalue weighted by molar-refractivity contribution is 0.737. The molecule has 0 aliphatic carbocycles. The molecule has 1 atom stereocenters. The van der Waals surface area contributed by atoms with Crippen LogP contribution in [0, 0.1) is 0 Å². The van der Waals surface area contributed by atoms with Gasteiger partial charge in [-0.2, -0.15) is 0 Å². The number of alkyl halides is 15. The number of rotatable bonds is 6. The second-order valence-corrected chi connectivity index (χ2v) is 48.7. The third-order valence-electron chi connectivity index (χ3n) is 2.17. The van der Waals surface area contributed by atoms with Gasteiger partial charge in [0.25, 0.3) is 0 Å². The Hall–Kier alpha value is 11.0. The molecular formula is C7HI15. The largest absolute Gasteiger partial charge is 0.149 e. The van der Waals surface area contributed by atoms with Gasteiger partial charge in [-0.15, -0.1) is 0 Å². The van der Waals surface area contributed by atoms with Crippen LogP contribution in [0.4, 0.5) is 0 Å². The summed E-state index contributed by atoms with van der Waals surface area (Å²) in [7, 11) is 0. The van der Waals surface area contributed by atoms with Crippen molar-refractivity contribution in [2.24, 2.45) is 0 Å². The first-order valence-corrected chi connectivity index (χ1v) is 20.8. The molecule has 0 saturated heterocycles. The lowest BCUT2D eigenvalue weighted by Crippen LogP contribution is -2.62. The summed E-state index contributed by atoms with van der Waals surface area (Å²) in [5.41, 5.74) is 0. The molecule has 1 unspecified atom stereocenters. The molecule has 0 heterocycles. The van der Waals surface area contributed by atoms with E-state index in [0.29, 0.717) is 3.92 Å². The molecule has 134 valence electrons. The van der Waals surface area contributed by atoms with Gasteiger partial charge in [0.05, 0.1) is 3.92 Å². The highest BCUT2D eigenvalue weighted by molar-refractivity contribution is 14.3. The average Bonchev–Trinajstić information content (AvgIpc) is 2.24. The molecule has 0 bridgehead atoms. The summed E-state index contributed by atoms with van der Waals surface area (Å²) in [5.74, 6) is 0. The van der Waals surface area contributed by atoms with Crippen molar-refractivity contribution in [1.29, 1.82) is 0 Å². The van der Waals surface area contributed by atoms with Crippen LogP contribution in [0.2, 0.25) is 0 Å². The molecule has 0 spiro atoms. The average molecular weight is 1990 g/mol. The molecule has 0 amide bonds. The highest BCUT2D eigenvalue weighted by Gasteiger charge is 2.71. The third kappa shape index (κ3) is 7.99. The molecular weight excluding hydrogens is 1990 g/mol. The molecule has 0 aromatic heterocycles. The van der Waals surface area contributed by atoms with Crippen LogP contribution in [0.15, 0.2) is 0 Å². The number of halogens is 15. The number of hydrogen-bond acceptors (Lipinski definition) is 0. The summed E-state index contributed by atoms with van der Waals surface area (Å²) >= 11 is 39.6. The van der Waals surface area contributed by atoms with E-state index in [1.165, 1.54) is 0 Å². The fourth-order valence-electron chi connectivity index (χ4n) is 0.949. The molecule has 0 saturated carbocycles. The Balaban J connectivity index is 6.12. The minimum absolute atomic E-state index is 0.0439. The van der Waals surface area contributed by atoms with Crippen molar-refractivity contribution in [3.05, 3.63) is 0 Å². The van der Waals surface area contributed by atoms with Crippen LogP contribution in [-0.2, 0) is 0 Å². The van der Waals surface area contributed by atoms with Crippen LogP contribution in [0.3, 0.4) is 0 Å². The standard InChI is InChI=1S/C7HI15/c8-1(3(11,12)13)2(9,10)4(14,15)5(16,17)6(18,19)7(20,21)22/h1H. The van der Waals surface area contributed by atoms with E-state index < -0.39 is 0 Å². The second kappa shape index (κ2) is 12.3. The smallest absolute Gasteiger partial charge is 0.0770 e. The first-order chi connectivity index (χ1) is 9.15. The fourth-order valence-corrected chi connectivity index (χ4v) is 21.7. The Morgan fingerprint density at radius 1 is 0.455 bits per heavy atom. The predicted octanol–water partition coefficient (Wildman–Crippen LogP) is 12.0. The summed E-state index contributed by atoms with van der Waals surface area (Å²) in [4.78, 5) is 0. The quantitative estimate of drug-likeness (QED) is 0.184. The monoisotopic (exact) mass is 1990 g/mol. The van der Waals surface area contributed by atoms with Crippen LogP contribution in [0.5, 0.6) is 0 Å². The van der Waals surface area contributed by atoms with Gasteiger partial charge in [-0.1, -0.05) is 339 Å². The minimum Gasteiger partial charge on any atom is -0.0770 e. The van der Waals surface area contributed by atoms with Crippen molar-refractivity contribution in [1.82, 2.24) is 0 Å². The van der Waals surface area contributed by atoms with E-state index >= 15 is 0 Å². The Labute approximate surface area is 336 Å². The molecule has 0 rings (SSSR count). The first kappa shape index (κ1) is 33.0. The van der Waals surface area contributed by atoms with Gasteiger partial charge in [0.2, 0.25) is 0 Å². The van der Waals surface area contributed by atoms with Crippen LogP contribution >= 0.6 is 339 Å². The molecule has 0 fully saturated rings. The van der Waals surface area contributed by atoms with E-state index in [2.05, 4.69) is 339 Å². The van der Waals surface area contributed by atoms with Gasteiger partial charge in [-0.3, -0.25) is 0 Å². The molecule has 0 aliphatic heterocycles. The molecule has 15 heteroatoms. The van der Waals surface area contributed by atoms with Crippen molar-refractivity contribution in [2.75, 3.05) is 0 Å². The molecule has 0 aromatic carbocycles. The van der Waals surface area contributed by atoms with Crippen LogP contribution in [-0.4, -0.2) is 8.51 Å². The first-order valence-electron chi connectivity index (χ1n) is 4.44. The van der Waals surface area contributed by atoms with E-state index in [9.17, 15) is 0 Å². The molecule has 0 nitrogen and oxygen atoms in total. The van der Waals surface area contributed by atoms with Gasteiger partial charge in [0.15, 0.2) is 0 Å². The van der Waals surface area contributed by atoms with Crippen molar-refractivity contribution in [3.8, 4) is 0 Å². The van der Waals surface area contributed by atoms with Gasteiger partial charge >= 0.3 is 0 Å². The van der Waals surface area contributed by atoms with Crippen molar-refractivity contribution in [3.63, 3.8) is 0 Å². The summed E-state index contributed by atoms with van der Waals surface area (Å²) in [6.45, 7) is 0. The lowest BCUT2D eigenvalue weighted by atomic mass is 10.1. The molecule has 0 aliphatic rings. The van der Waals surface area contributed by atoms with E-state index in [1.807, 2.05) is 0 Å². The zero-order valence-electron chi connectivity index (χ0n) is 9.25. The van der Waals surface area contributed by atoms with Crippen molar-refractivity contribution < 1.29 is 0 Å². The highest BCUT2D eigenvalue weighted by Crippen LogP contribution is 2.75. The predicted molar refractivity (Wildman–Crippen MR) is 230 cm³/mol. The maximum atomic E-state index is 2.70. The molecule has 0 aromatic rings. The van der Waals surface area contributed by atoms with Gasteiger partial charge < -0.3 is 0 Å². The summed E-state index contributed by atoms with van der Waals surface area (Å²) in [6.07, 6.45) is 0. The van der Waals surface area contributed by atoms with Crippen LogP contribution in [0.1, 0.15) is 0 Å². The lowest BCUT2D eigenvalue weighted by Gasteiger charge is -2.53. The van der Waals surface area contributed by atoms with E-state index in [0.717, 1.165) is 0 Å². The van der Waals surface area contributed by atoms with Crippen molar-refractivity contribution >= 4 is 339 Å². The molecule has 0 radical (unpaired) electrons. The normalized spacial score (nSPS) is 17.6. The summed E-state index contributed by atoms with van der Waals surface area (Å²) < 4.78 is 1.06. The molecule has 0 N–H and O–H groups in total.